The third-order valence-electron chi connectivity index (χ3n) is 4.09. The van der Waals surface area contributed by atoms with Crippen LogP contribution in [0, 0.1) is 0 Å². The van der Waals surface area contributed by atoms with E-state index in [0.29, 0.717) is 12.2 Å². The fraction of sp³-hybridized carbons (Fsp3) is 0.250. The predicted octanol–water partition coefficient (Wildman–Crippen LogP) is 3.77. The second kappa shape index (κ2) is 7.32. The maximum Gasteiger partial charge on any atom is 0.237 e. The van der Waals surface area contributed by atoms with Gasteiger partial charge in [-0.1, -0.05) is 61.9 Å². The molecule has 0 aliphatic carbocycles. The van der Waals surface area contributed by atoms with E-state index in [0.717, 1.165) is 23.0 Å². The van der Waals surface area contributed by atoms with E-state index >= 15 is 0 Å². The Bertz CT molecular complexity index is 778. The van der Waals surface area contributed by atoms with Crippen LogP contribution < -0.4 is 11.1 Å². The number of furan rings is 1. The molecule has 1 heterocycles. The number of hydrogen-bond acceptors (Lipinski definition) is 3. The van der Waals surface area contributed by atoms with Gasteiger partial charge in [0.2, 0.25) is 5.91 Å². The van der Waals surface area contributed by atoms with Gasteiger partial charge in [-0.05, 0) is 24.1 Å². The molecule has 3 rings (SSSR count). The number of hydrogen-bond donors (Lipinski definition) is 2. The van der Waals surface area contributed by atoms with E-state index in [1.54, 1.807) is 0 Å². The molecule has 4 nitrogen and oxygen atoms in total. The first-order valence-corrected chi connectivity index (χ1v) is 8.28. The highest BCUT2D eigenvalue weighted by Gasteiger charge is 2.23. The summed E-state index contributed by atoms with van der Waals surface area (Å²) < 4.78 is 5.97. The molecular weight excluding hydrogens is 300 g/mol. The minimum absolute atomic E-state index is 0.161. The summed E-state index contributed by atoms with van der Waals surface area (Å²) in [5.41, 5.74) is 7.74. The summed E-state index contributed by atoms with van der Waals surface area (Å²) in [5, 5.41) is 4.05. The molecule has 0 spiro atoms. The maximum atomic E-state index is 12.4. The van der Waals surface area contributed by atoms with Crippen LogP contribution in [0.4, 0.5) is 0 Å². The Morgan fingerprint density at radius 1 is 1.12 bits per heavy atom. The summed E-state index contributed by atoms with van der Waals surface area (Å²) in [6.45, 7) is 2.01. The number of carbonyl (C=O) groups excluding carboxylic acids is 1. The van der Waals surface area contributed by atoms with E-state index < -0.39 is 6.04 Å². The Labute approximate surface area is 141 Å². The van der Waals surface area contributed by atoms with Gasteiger partial charge in [-0.3, -0.25) is 4.79 Å². The van der Waals surface area contributed by atoms with Crippen molar-refractivity contribution in [2.24, 2.45) is 5.73 Å². The molecule has 1 aromatic heterocycles. The highest BCUT2D eigenvalue weighted by molar-refractivity contribution is 5.83. The Hall–Kier alpha value is -2.59. The number of fused-ring (bicyclic) bond motifs is 1. The van der Waals surface area contributed by atoms with Gasteiger partial charge in [-0.25, -0.2) is 0 Å². The molecule has 2 atom stereocenters. The van der Waals surface area contributed by atoms with E-state index in [4.69, 9.17) is 10.2 Å². The van der Waals surface area contributed by atoms with E-state index in [9.17, 15) is 4.79 Å². The van der Waals surface area contributed by atoms with Crippen molar-refractivity contribution in [1.82, 2.24) is 5.32 Å². The monoisotopic (exact) mass is 322 g/mol. The lowest BCUT2D eigenvalue weighted by atomic mass is 10.0. The summed E-state index contributed by atoms with van der Waals surface area (Å²) in [6, 6.07) is 18.7. The third-order valence-corrected chi connectivity index (χ3v) is 4.09. The maximum absolute atomic E-state index is 12.4. The molecule has 3 N–H and O–H groups in total. The molecule has 1 amide bonds. The molecule has 0 radical (unpaired) electrons. The van der Waals surface area contributed by atoms with E-state index in [-0.39, 0.29) is 11.9 Å². The molecule has 0 aliphatic rings. The summed E-state index contributed by atoms with van der Waals surface area (Å²) >= 11 is 0. The number of nitrogens with two attached hydrogens (primary N) is 1. The summed E-state index contributed by atoms with van der Waals surface area (Å²) in [6.07, 6.45) is 1.53. The molecule has 4 heteroatoms. The van der Waals surface area contributed by atoms with Gasteiger partial charge in [0, 0.05) is 5.39 Å². The lowest BCUT2D eigenvalue weighted by Gasteiger charge is -2.19. The minimum Gasteiger partial charge on any atom is -0.459 e. The van der Waals surface area contributed by atoms with Crippen molar-refractivity contribution in [2.45, 2.75) is 31.8 Å². The lowest BCUT2D eigenvalue weighted by molar-refractivity contribution is -0.123. The lowest BCUT2D eigenvalue weighted by Crippen LogP contribution is -2.42. The van der Waals surface area contributed by atoms with E-state index in [1.807, 2.05) is 67.6 Å². The zero-order chi connectivity index (χ0) is 16.9. The van der Waals surface area contributed by atoms with Gasteiger partial charge in [0.25, 0.3) is 0 Å². The van der Waals surface area contributed by atoms with Crippen LogP contribution in [-0.4, -0.2) is 11.9 Å². The van der Waals surface area contributed by atoms with Crippen molar-refractivity contribution in [3.8, 4) is 0 Å². The molecule has 0 aliphatic heterocycles. The van der Waals surface area contributed by atoms with Crippen LogP contribution in [0.15, 0.2) is 65.1 Å². The van der Waals surface area contributed by atoms with Crippen molar-refractivity contribution in [1.29, 1.82) is 0 Å². The van der Waals surface area contributed by atoms with Crippen LogP contribution in [0.1, 0.15) is 37.1 Å². The summed E-state index contributed by atoms with van der Waals surface area (Å²) in [5.74, 6) is 0.547. The molecule has 0 saturated heterocycles. The van der Waals surface area contributed by atoms with Gasteiger partial charge < -0.3 is 15.5 Å². The normalized spacial score (nSPS) is 13.6. The van der Waals surface area contributed by atoms with Gasteiger partial charge >= 0.3 is 0 Å². The predicted molar refractivity (Wildman–Crippen MR) is 95.5 cm³/mol. The Morgan fingerprint density at radius 2 is 1.83 bits per heavy atom. The van der Waals surface area contributed by atoms with Crippen molar-refractivity contribution < 1.29 is 9.21 Å². The first-order chi connectivity index (χ1) is 11.7. The second-order valence-corrected chi connectivity index (χ2v) is 5.93. The van der Waals surface area contributed by atoms with E-state index in [2.05, 4.69) is 5.32 Å². The van der Waals surface area contributed by atoms with Crippen LogP contribution in [-0.2, 0) is 4.79 Å². The number of carbonyl (C=O) groups is 1. The quantitative estimate of drug-likeness (QED) is 0.726. The number of nitrogens with one attached hydrogen (secondary N) is 1. The Balaban J connectivity index is 1.94. The average Bonchev–Trinajstić information content (AvgIpc) is 3.04. The fourth-order valence-electron chi connectivity index (χ4n) is 2.80. The summed E-state index contributed by atoms with van der Waals surface area (Å²) in [7, 11) is 0. The van der Waals surface area contributed by atoms with Crippen molar-refractivity contribution >= 4 is 16.9 Å². The molecule has 24 heavy (non-hydrogen) atoms. The number of amides is 1. The third kappa shape index (κ3) is 3.49. The number of para-hydroxylation sites is 1. The van der Waals surface area contributed by atoms with Crippen LogP contribution in [0.5, 0.6) is 0 Å². The molecule has 2 unspecified atom stereocenters. The summed E-state index contributed by atoms with van der Waals surface area (Å²) in [4.78, 5) is 12.4. The van der Waals surface area contributed by atoms with Gasteiger partial charge in [-0.15, -0.1) is 0 Å². The molecule has 2 aromatic carbocycles. The molecule has 3 aromatic rings. The highest BCUT2D eigenvalue weighted by Crippen LogP contribution is 2.28. The van der Waals surface area contributed by atoms with Gasteiger partial charge in [0.05, 0.1) is 6.04 Å². The smallest absolute Gasteiger partial charge is 0.237 e. The first-order valence-electron chi connectivity index (χ1n) is 8.28. The zero-order valence-electron chi connectivity index (χ0n) is 13.7. The molecule has 0 saturated carbocycles. The fourth-order valence-corrected chi connectivity index (χ4v) is 2.80. The van der Waals surface area contributed by atoms with Crippen molar-refractivity contribution in [2.75, 3.05) is 0 Å². The Kier molecular flexibility index (Phi) is 4.96. The van der Waals surface area contributed by atoms with Crippen molar-refractivity contribution in [3.05, 3.63) is 72.0 Å². The van der Waals surface area contributed by atoms with Gasteiger partial charge in [-0.2, -0.15) is 0 Å². The van der Waals surface area contributed by atoms with Gasteiger partial charge in [0.1, 0.15) is 17.4 Å². The van der Waals surface area contributed by atoms with E-state index in [1.165, 1.54) is 0 Å². The number of benzene rings is 2. The second-order valence-electron chi connectivity index (χ2n) is 5.93. The Morgan fingerprint density at radius 3 is 2.54 bits per heavy atom. The number of rotatable bonds is 6. The topological polar surface area (TPSA) is 68.3 Å². The largest absolute Gasteiger partial charge is 0.459 e. The standard InChI is InChI=1S/C20H22N2O2/c1-2-8-16(21)20(23)22-19(14-9-4-3-5-10-14)18-13-15-11-6-7-12-17(15)24-18/h3-7,9-13,16,19H,2,8,21H2,1H3,(H,22,23). The van der Waals surface area contributed by atoms with Gasteiger partial charge in [0.15, 0.2) is 0 Å². The molecule has 0 fully saturated rings. The molecular formula is C20H22N2O2. The minimum atomic E-state index is -0.509. The highest BCUT2D eigenvalue weighted by atomic mass is 16.3. The molecule has 124 valence electrons. The van der Waals surface area contributed by atoms with Crippen LogP contribution in [0.2, 0.25) is 0 Å². The van der Waals surface area contributed by atoms with Crippen LogP contribution in [0.25, 0.3) is 11.0 Å². The zero-order valence-corrected chi connectivity index (χ0v) is 13.7. The average molecular weight is 322 g/mol. The SMILES string of the molecule is CCCC(N)C(=O)NC(c1ccccc1)c1cc2ccccc2o1. The first kappa shape index (κ1) is 16.3. The van der Waals surface area contributed by atoms with Crippen molar-refractivity contribution in [3.63, 3.8) is 0 Å². The molecule has 0 bridgehead atoms. The van der Waals surface area contributed by atoms with Crippen LogP contribution >= 0.6 is 0 Å². The van der Waals surface area contributed by atoms with Crippen LogP contribution in [0.3, 0.4) is 0 Å².